The minimum Gasteiger partial charge on any atom is -0.462 e. The van der Waals surface area contributed by atoms with Crippen molar-refractivity contribution in [3.63, 3.8) is 0 Å². The Balaban J connectivity index is 2.04. The Labute approximate surface area is 111 Å². The number of cyclic esters (lactones) is 1. The number of aliphatic hydroxyl groups is 1. The second-order valence-corrected chi connectivity index (χ2v) is 5.01. The number of anilines is 1. The number of carbonyl (C=O) groups is 1. The van der Waals surface area contributed by atoms with E-state index in [-0.39, 0.29) is 6.61 Å². The first-order chi connectivity index (χ1) is 9.35. The van der Waals surface area contributed by atoms with E-state index in [2.05, 4.69) is 4.98 Å². The van der Waals surface area contributed by atoms with Crippen molar-refractivity contribution in [3.05, 3.63) is 22.5 Å². The van der Waals surface area contributed by atoms with E-state index in [0.29, 0.717) is 0 Å². The summed E-state index contributed by atoms with van der Waals surface area (Å²) in [6.07, 6.45) is -2.48. The summed E-state index contributed by atoms with van der Waals surface area (Å²) in [7, 11) is 0. The zero-order valence-corrected chi connectivity index (χ0v) is 10.4. The lowest BCUT2D eigenvalue weighted by atomic mass is 9.82. The average molecular weight is 285 g/mol. The smallest absolute Gasteiger partial charge is 0.351 e. The Kier molecular flexibility index (Phi) is 2.60. The molecule has 1 aromatic heterocycles. The van der Waals surface area contributed by atoms with Crippen LogP contribution in [0.25, 0.3) is 0 Å². The number of carbonyl (C=O) groups excluding carboxylic acids is 1. The molecule has 2 aliphatic rings. The van der Waals surface area contributed by atoms with Gasteiger partial charge in [0, 0.05) is 0 Å². The van der Waals surface area contributed by atoms with Crippen molar-refractivity contribution < 1.29 is 23.8 Å². The standard InChI is InChI=1S/C11H12FN3O5/c1-11-5(3-19-9(11)17)20-8(6(11)16)15-2-4(12)7(13)14-10(15)18/h2,5-6,8,16H,3H2,1H3,(H2,13,14,18)/t5-,6?,8-,11+/m1/s1. The molecule has 0 bridgehead atoms. The summed E-state index contributed by atoms with van der Waals surface area (Å²) >= 11 is 0. The minimum absolute atomic E-state index is 0.0253. The Morgan fingerprint density at radius 2 is 2.30 bits per heavy atom. The number of aromatic nitrogens is 2. The van der Waals surface area contributed by atoms with Gasteiger partial charge in [-0.3, -0.25) is 9.36 Å². The van der Waals surface area contributed by atoms with Crippen LogP contribution >= 0.6 is 0 Å². The largest absolute Gasteiger partial charge is 0.462 e. The van der Waals surface area contributed by atoms with Gasteiger partial charge in [-0.05, 0) is 6.92 Å². The Morgan fingerprint density at radius 3 is 2.95 bits per heavy atom. The quantitative estimate of drug-likeness (QED) is 0.621. The van der Waals surface area contributed by atoms with Crippen LogP contribution in [0.15, 0.2) is 11.0 Å². The van der Waals surface area contributed by atoms with Crippen molar-refractivity contribution >= 4 is 11.8 Å². The maximum atomic E-state index is 13.4. The van der Waals surface area contributed by atoms with Gasteiger partial charge in [0.15, 0.2) is 17.9 Å². The lowest BCUT2D eigenvalue weighted by molar-refractivity contribution is -0.151. The SMILES string of the molecule is C[C@]12C(=O)OC[C@H]1O[C@@H](n1cc(F)c(N)nc1=O)C2O. The summed E-state index contributed by atoms with van der Waals surface area (Å²) in [5.74, 6) is -2.07. The molecule has 108 valence electrons. The first kappa shape index (κ1) is 13.0. The molecule has 0 saturated carbocycles. The molecular formula is C11H12FN3O5. The van der Waals surface area contributed by atoms with Crippen LogP contribution in [0.4, 0.5) is 10.2 Å². The van der Waals surface area contributed by atoms with Crippen LogP contribution < -0.4 is 11.4 Å². The van der Waals surface area contributed by atoms with Crippen molar-refractivity contribution in [2.24, 2.45) is 5.41 Å². The number of nitrogens with zero attached hydrogens (tertiary/aromatic N) is 2. The summed E-state index contributed by atoms with van der Waals surface area (Å²) in [4.78, 5) is 26.7. The third-order valence-electron chi connectivity index (χ3n) is 3.87. The van der Waals surface area contributed by atoms with Crippen LogP contribution in [0.5, 0.6) is 0 Å². The fourth-order valence-corrected chi connectivity index (χ4v) is 2.50. The highest BCUT2D eigenvalue weighted by atomic mass is 19.1. The van der Waals surface area contributed by atoms with Gasteiger partial charge in [0.1, 0.15) is 24.2 Å². The molecule has 1 aromatic rings. The van der Waals surface area contributed by atoms with Crippen molar-refractivity contribution in [3.8, 4) is 0 Å². The van der Waals surface area contributed by atoms with Crippen molar-refractivity contribution in [2.75, 3.05) is 12.3 Å². The fourth-order valence-electron chi connectivity index (χ4n) is 2.50. The summed E-state index contributed by atoms with van der Waals surface area (Å²) in [6.45, 7) is 1.45. The predicted molar refractivity (Wildman–Crippen MR) is 61.9 cm³/mol. The number of nitrogen functional groups attached to an aromatic ring is 1. The van der Waals surface area contributed by atoms with Crippen LogP contribution in [0.2, 0.25) is 0 Å². The first-order valence-electron chi connectivity index (χ1n) is 5.90. The van der Waals surface area contributed by atoms with E-state index < -0.39 is 47.1 Å². The normalized spacial score (nSPS) is 36.0. The molecule has 2 saturated heterocycles. The van der Waals surface area contributed by atoms with Gasteiger partial charge in [0.25, 0.3) is 0 Å². The van der Waals surface area contributed by atoms with E-state index in [1.165, 1.54) is 6.92 Å². The number of halogens is 1. The molecule has 0 spiro atoms. The lowest BCUT2D eigenvalue weighted by Crippen LogP contribution is -2.42. The molecule has 3 N–H and O–H groups in total. The minimum atomic E-state index is -1.36. The number of fused-ring (bicyclic) bond motifs is 1. The summed E-state index contributed by atoms with van der Waals surface area (Å²) in [6, 6.07) is 0. The van der Waals surface area contributed by atoms with Gasteiger partial charge in [-0.2, -0.15) is 4.98 Å². The Morgan fingerprint density at radius 1 is 1.60 bits per heavy atom. The van der Waals surface area contributed by atoms with E-state index in [9.17, 15) is 19.1 Å². The van der Waals surface area contributed by atoms with E-state index in [1.807, 2.05) is 0 Å². The molecule has 8 nitrogen and oxygen atoms in total. The third-order valence-corrected chi connectivity index (χ3v) is 3.87. The van der Waals surface area contributed by atoms with E-state index >= 15 is 0 Å². The Bertz CT molecular complexity index is 647. The molecule has 1 unspecified atom stereocenters. The maximum absolute atomic E-state index is 13.4. The molecule has 4 atom stereocenters. The number of esters is 1. The molecule has 0 radical (unpaired) electrons. The highest BCUT2D eigenvalue weighted by Crippen LogP contribution is 2.47. The van der Waals surface area contributed by atoms with E-state index in [0.717, 1.165) is 10.8 Å². The van der Waals surface area contributed by atoms with Crippen LogP contribution in [0.3, 0.4) is 0 Å². The van der Waals surface area contributed by atoms with Crippen molar-refractivity contribution in [2.45, 2.75) is 25.4 Å². The van der Waals surface area contributed by atoms with Crippen LogP contribution in [-0.2, 0) is 14.3 Å². The zero-order valence-electron chi connectivity index (χ0n) is 10.4. The van der Waals surface area contributed by atoms with Gasteiger partial charge in [-0.1, -0.05) is 0 Å². The molecule has 3 rings (SSSR count). The molecule has 9 heteroatoms. The summed E-state index contributed by atoms with van der Waals surface area (Å²) in [5.41, 5.74) is 3.03. The monoisotopic (exact) mass is 285 g/mol. The third kappa shape index (κ3) is 1.50. The average Bonchev–Trinajstić information content (AvgIpc) is 2.81. The van der Waals surface area contributed by atoms with Crippen molar-refractivity contribution in [1.82, 2.24) is 9.55 Å². The Hall–Kier alpha value is -2.00. The number of nitrogens with two attached hydrogens (primary N) is 1. The molecule has 0 aliphatic carbocycles. The highest BCUT2D eigenvalue weighted by Gasteiger charge is 2.63. The van der Waals surface area contributed by atoms with Gasteiger partial charge < -0.3 is 20.3 Å². The van der Waals surface area contributed by atoms with Crippen LogP contribution in [-0.4, -0.2) is 39.4 Å². The summed E-state index contributed by atoms with van der Waals surface area (Å²) < 4.78 is 24.5. The second-order valence-electron chi connectivity index (χ2n) is 5.01. The topological polar surface area (TPSA) is 117 Å². The molecule has 20 heavy (non-hydrogen) atoms. The highest BCUT2D eigenvalue weighted by molar-refractivity contribution is 5.80. The van der Waals surface area contributed by atoms with Gasteiger partial charge in [0.2, 0.25) is 0 Å². The van der Waals surface area contributed by atoms with Gasteiger partial charge >= 0.3 is 11.7 Å². The number of ether oxygens (including phenoxy) is 2. The van der Waals surface area contributed by atoms with E-state index in [4.69, 9.17) is 15.2 Å². The van der Waals surface area contributed by atoms with Crippen molar-refractivity contribution in [1.29, 1.82) is 0 Å². The first-order valence-corrected chi connectivity index (χ1v) is 5.90. The molecule has 0 amide bonds. The number of aliphatic hydroxyl groups excluding tert-OH is 1. The predicted octanol–water partition coefficient (Wildman–Crippen LogP) is -1.21. The van der Waals surface area contributed by atoms with E-state index in [1.54, 1.807) is 0 Å². The molecule has 2 aliphatic heterocycles. The molecular weight excluding hydrogens is 273 g/mol. The number of hydrogen-bond donors (Lipinski definition) is 2. The number of hydrogen-bond acceptors (Lipinski definition) is 7. The summed E-state index contributed by atoms with van der Waals surface area (Å²) in [5, 5.41) is 10.3. The zero-order chi connectivity index (χ0) is 14.7. The fraction of sp³-hybridized carbons (Fsp3) is 0.545. The van der Waals surface area contributed by atoms with Gasteiger partial charge in [-0.15, -0.1) is 0 Å². The number of rotatable bonds is 1. The van der Waals surface area contributed by atoms with Gasteiger partial charge in [0.05, 0.1) is 6.20 Å². The maximum Gasteiger partial charge on any atom is 0.351 e. The second kappa shape index (κ2) is 4.00. The lowest BCUT2D eigenvalue weighted by Gasteiger charge is -2.23. The molecule has 3 heterocycles. The van der Waals surface area contributed by atoms with Gasteiger partial charge in [-0.25, -0.2) is 9.18 Å². The molecule has 2 fully saturated rings. The molecule has 0 aromatic carbocycles. The van der Waals surface area contributed by atoms with Crippen LogP contribution in [0.1, 0.15) is 13.2 Å². The van der Waals surface area contributed by atoms with Crippen LogP contribution in [0, 0.1) is 11.2 Å².